The Morgan fingerprint density at radius 3 is 2.39 bits per heavy atom. The second kappa shape index (κ2) is 9.72. The Hall–Kier alpha value is -1.96. The number of allylic oxidation sites excluding steroid dienone is 2. The van der Waals surface area contributed by atoms with Crippen LogP contribution in [-0.2, 0) is 33.3 Å². The Labute approximate surface area is 197 Å². The van der Waals surface area contributed by atoms with E-state index in [1.165, 1.54) is 13.8 Å². The van der Waals surface area contributed by atoms with E-state index in [-0.39, 0.29) is 29.3 Å². The number of methoxy groups -OCH3 is 2. The molecule has 3 rings (SSSR count). The molecule has 1 spiro atoms. The van der Waals surface area contributed by atoms with Gasteiger partial charge in [0, 0.05) is 33.6 Å². The predicted octanol–water partition coefficient (Wildman–Crippen LogP) is 4.33. The van der Waals surface area contributed by atoms with Crippen LogP contribution in [0.25, 0.3) is 0 Å². The van der Waals surface area contributed by atoms with Crippen molar-refractivity contribution in [2.45, 2.75) is 78.2 Å². The quantitative estimate of drug-likeness (QED) is 0.302. The van der Waals surface area contributed by atoms with E-state index >= 15 is 0 Å². The number of rotatable bonds is 8. The minimum absolute atomic E-state index is 0.0647. The molecular weight excluding hydrogens is 424 g/mol. The molecule has 2 fully saturated rings. The van der Waals surface area contributed by atoms with Gasteiger partial charge in [-0.3, -0.25) is 9.59 Å². The molecule has 0 N–H and O–H groups in total. The minimum atomic E-state index is -0.867. The van der Waals surface area contributed by atoms with E-state index in [4.69, 9.17) is 23.7 Å². The normalized spacial score (nSPS) is 39.6. The molecule has 1 saturated carbocycles. The molecule has 7 nitrogen and oxygen atoms in total. The van der Waals surface area contributed by atoms with E-state index < -0.39 is 30.1 Å². The van der Waals surface area contributed by atoms with E-state index in [0.29, 0.717) is 6.42 Å². The van der Waals surface area contributed by atoms with Gasteiger partial charge >= 0.3 is 11.9 Å². The van der Waals surface area contributed by atoms with Gasteiger partial charge in [0.2, 0.25) is 6.29 Å². The molecule has 1 aliphatic heterocycles. The molecule has 3 aliphatic rings. The Balaban J connectivity index is 2.21. The fraction of sp³-hybridized carbons (Fsp3) is 0.692. The van der Waals surface area contributed by atoms with Crippen molar-refractivity contribution in [1.82, 2.24) is 0 Å². The third kappa shape index (κ3) is 4.31. The van der Waals surface area contributed by atoms with Gasteiger partial charge in [-0.1, -0.05) is 38.7 Å². The second-order valence-electron chi connectivity index (χ2n) is 9.87. The molecule has 0 amide bonds. The maximum absolute atomic E-state index is 12.1. The molecule has 0 aromatic heterocycles. The van der Waals surface area contributed by atoms with Gasteiger partial charge in [0.25, 0.3) is 0 Å². The van der Waals surface area contributed by atoms with Gasteiger partial charge in [-0.25, -0.2) is 0 Å². The van der Waals surface area contributed by atoms with E-state index in [2.05, 4.69) is 27.0 Å². The molecule has 0 aromatic rings. The molecule has 7 heteroatoms. The first-order valence-corrected chi connectivity index (χ1v) is 11.6. The summed E-state index contributed by atoms with van der Waals surface area (Å²) in [5.74, 6) is -0.554. The van der Waals surface area contributed by atoms with Gasteiger partial charge in [0.15, 0.2) is 6.29 Å². The maximum atomic E-state index is 12.1. The predicted molar refractivity (Wildman–Crippen MR) is 123 cm³/mol. The molecule has 1 saturated heterocycles. The van der Waals surface area contributed by atoms with Crippen LogP contribution in [-0.4, -0.2) is 50.9 Å². The summed E-state index contributed by atoms with van der Waals surface area (Å²) in [6.07, 6.45) is 4.40. The van der Waals surface area contributed by atoms with Crippen molar-refractivity contribution in [2.24, 2.45) is 22.7 Å². The van der Waals surface area contributed by atoms with Gasteiger partial charge in [-0.05, 0) is 49.0 Å². The van der Waals surface area contributed by atoms with E-state index in [9.17, 15) is 9.59 Å². The molecule has 8 unspecified atom stereocenters. The summed E-state index contributed by atoms with van der Waals surface area (Å²) in [5.41, 5.74) is 0.840. The van der Waals surface area contributed by atoms with Crippen LogP contribution in [0, 0.1) is 22.7 Å². The summed E-state index contributed by atoms with van der Waals surface area (Å²) in [5, 5.41) is 0. The first-order chi connectivity index (χ1) is 15.5. The van der Waals surface area contributed by atoms with Crippen molar-refractivity contribution in [2.75, 3.05) is 14.2 Å². The first kappa shape index (κ1) is 25.7. The lowest BCUT2D eigenvalue weighted by molar-refractivity contribution is -0.258. The summed E-state index contributed by atoms with van der Waals surface area (Å²) < 4.78 is 29.5. The smallest absolute Gasteiger partial charge is 0.304 e. The zero-order chi connectivity index (χ0) is 24.6. The van der Waals surface area contributed by atoms with E-state index in [1.807, 2.05) is 6.08 Å². The van der Waals surface area contributed by atoms with Crippen molar-refractivity contribution in [3.05, 3.63) is 36.5 Å². The zero-order valence-corrected chi connectivity index (χ0v) is 20.7. The molecule has 8 atom stereocenters. The largest absolute Gasteiger partial charge is 0.458 e. The lowest BCUT2D eigenvalue weighted by Gasteiger charge is -2.61. The van der Waals surface area contributed by atoms with Crippen molar-refractivity contribution < 1.29 is 33.3 Å². The number of carbonyl (C=O) groups excluding carboxylic acids is 2. The van der Waals surface area contributed by atoms with Crippen LogP contribution in [0.15, 0.2) is 36.5 Å². The van der Waals surface area contributed by atoms with Crippen LogP contribution in [0.1, 0.15) is 53.4 Å². The Morgan fingerprint density at radius 1 is 1.18 bits per heavy atom. The van der Waals surface area contributed by atoms with Crippen LogP contribution >= 0.6 is 0 Å². The molecule has 0 radical (unpaired) electrons. The SMILES string of the molecule is C=CC(=C)CCC1(C)C(C)CC(OC)C23C(=CC(OC(C)=O)CC12)C(OC)OC3OC(C)=O. The van der Waals surface area contributed by atoms with Crippen molar-refractivity contribution in [3.8, 4) is 0 Å². The van der Waals surface area contributed by atoms with E-state index in [1.54, 1.807) is 20.3 Å². The third-order valence-electron chi connectivity index (χ3n) is 8.19. The second-order valence-corrected chi connectivity index (χ2v) is 9.87. The number of ether oxygens (including phenoxy) is 5. The fourth-order valence-electron chi connectivity index (χ4n) is 6.43. The molecule has 1 heterocycles. The van der Waals surface area contributed by atoms with Crippen molar-refractivity contribution in [3.63, 3.8) is 0 Å². The Kier molecular flexibility index (Phi) is 7.56. The molecule has 0 bridgehead atoms. The van der Waals surface area contributed by atoms with E-state index in [0.717, 1.165) is 30.4 Å². The maximum Gasteiger partial charge on any atom is 0.304 e. The van der Waals surface area contributed by atoms with Gasteiger partial charge in [0.05, 0.1) is 11.5 Å². The van der Waals surface area contributed by atoms with Crippen LogP contribution < -0.4 is 0 Å². The highest BCUT2D eigenvalue weighted by Gasteiger charge is 2.71. The third-order valence-corrected chi connectivity index (χ3v) is 8.19. The number of carbonyl (C=O) groups is 2. The summed E-state index contributed by atoms with van der Waals surface area (Å²) in [4.78, 5) is 24.0. The van der Waals surface area contributed by atoms with Crippen LogP contribution in [0.3, 0.4) is 0 Å². The molecule has 184 valence electrons. The number of hydrogen-bond donors (Lipinski definition) is 0. The minimum Gasteiger partial charge on any atom is -0.458 e. The highest BCUT2D eigenvalue weighted by molar-refractivity contribution is 5.67. The standard InChI is InChI=1S/C26H38O7/c1-9-15(2)10-11-25(6)16(3)12-22(29-7)26-20(13-19(14-21(25)26)31-17(4)27)23(30-8)33-24(26)32-18(5)28/h9,13,16,19,21-24H,1-2,10-12,14H2,3-8H3. The summed E-state index contributed by atoms with van der Waals surface area (Å²) in [7, 11) is 3.24. The van der Waals surface area contributed by atoms with Crippen LogP contribution in [0.5, 0.6) is 0 Å². The first-order valence-electron chi connectivity index (χ1n) is 11.6. The summed E-state index contributed by atoms with van der Waals surface area (Å²) in [6, 6.07) is 0. The van der Waals surface area contributed by atoms with Crippen LogP contribution in [0.2, 0.25) is 0 Å². The van der Waals surface area contributed by atoms with Gasteiger partial charge in [-0.2, -0.15) is 0 Å². The van der Waals surface area contributed by atoms with Gasteiger partial charge in [0.1, 0.15) is 6.10 Å². The molecular formula is C26H38O7. The van der Waals surface area contributed by atoms with Gasteiger partial charge in [-0.15, -0.1) is 0 Å². The highest BCUT2D eigenvalue weighted by atomic mass is 16.8. The molecule has 0 aromatic carbocycles. The monoisotopic (exact) mass is 462 g/mol. The van der Waals surface area contributed by atoms with Crippen LogP contribution in [0.4, 0.5) is 0 Å². The number of esters is 2. The molecule has 33 heavy (non-hydrogen) atoms. The Bertz CT molecular complexity index is 832. The summed E-state index contributed by atoms with van der Waals surface area (Å²) in [6.45, 7) is 15.3. The topological polar surface area (TPSA) is 80.3 Å². The lowest BCUT2D eigenvalue weighted by Crippen LogP contribution is -2.63. The molecule has 2 aliphatic carbocycles. The fourth-order valence-corrected chi connectivity index (χ4v) is 6.43. The Morgan fingerprint density at radius 2 is 1.85 bits per heavy atom. The summed E-state index contributed by atoms with van der Waals surface area (Å²) >= 11 is 0. The zero-order valence-electron chi connectivity index (χ0n) is 20.7. The van der Waals surface area contributed by atoms with Crippen molar-refractivity contribution in [1.29, 1.82) is 0 Å². The average molecular weight is 463 g/mol. The highest BCUT2D eigenvalue weighted by Crippen LogP contribution is 2.67. The van der Waals surface area contributed by atoms with Crippen molar-refractivity contribution >= 4 is 11.9 Å². The average Bonchev–Trinajstić information content (AvgIpc) is 3.06. The van der Waals surface area contributed by atoms with Gasteiger partial charge < -0.3 is 23.7 Å². The lowest BCUT2D eigenvalue weighted by atomic mass is 9.45. The number of hydrogen-bond acceptors (Lipinski definition) is 7.